The van der Waals surface area contributed by atoms with Crippen molar-refractivity contribution < 1.29 is 28.8 Å². The van der Waals surface area contributed by atoms with Crippen LogP contribution in [0.5, 0.6) is 5.75 Å². The van der Waals surface area contributed by atoms with Crippen LogP contribution in [0.1, 0.15) is 82.5 Å². The Morgan fingerprint density at radius 1 is 1.10 bits per heavy atom. The van der Waals surface area contributed by atoms with Crippen molar-refractivity contribution in [3.63, 3.8) is 0 Å². The van der Waals surface area contributed by atoms with Gasteiger partial charge in [0.1, 0.15) is 11.6 Å². The van der Waals surface area contributed by atoms with Crippen LogP contribution in [0, 0.1) is 6.92 Å². The van der Waals surface area contributed by atoms with Crippen LogP contribution in [0.25, 0.3) is 16.4 Å². The van der Waals surface area contributed by atoms with Crippen LogP contribution in [0.3, 0.4) is 0 Å². The van der Waals surface area contributed by atoms with Crippen LogP contribution in [-0.2, 0) is 32.2 Å². The Balaban J connectivity index is 1.47. The van der Waals surface area contributed by atoms with Gasteiger partial charge in [-0.05, 0) is 59.8 Å². The highest BCUT2D eigenvalue weighted by Gasteiger charge is 2.37. The number of fused-ring (bicyclic) bond motifs is 2. The van der Waals surface area contributed by atoms with Gasteiger partial charge in [-0.2, -0.15) is 9.61 Å². The minimum absolute atomic E-state index is 0.0412. The van der Waals surface area contributed by atoms with Gasteiger partial charge in [0.25, 0.3) is 0 Å². The molecule has 1 aliphatic heterocycles. The van der Waals surface area contributed by atoms with Gasteiger partial charge in [-0.1, -0.05) is 48.6 Å². The Bertz CT molecular complexity index is 1800. The van der Waals surface area contributed by atoms with Gasteiger partial charge in [0.05, 0.1) is 48.4 Å². The van der Waals surface area contributed by atoms with Crippen LogP contribution < -0.4 is 9.64 Å². The van der Waals surface area contributed by atoms with Gasteiger partial charge in [-0.15, -0.1) is 13.2 Å². The number of ether oxygens (including phenoxy) is 4. The summed E-state index contributed by atoms with van der Waals surface area (Å²) in [6.45, 7) is 21.5. The highest BCUT2D eigenvalue weighted by Crippen LogP contribution is 2.38. The molecule has 2 aromatic carbocycles. The molecule has 10 nitrogen and oxygen atoms in total. The monoisotopic (exact) mass is 670 g/mol. The number of carboxylic acid groups (broad SMARTS) is 1. The first kappa shape index (κ1) is 36.0. The Labute approximate surface area is 289 Å². The van der Waals surface area contributed by atoms with E-state index in [1.165, 1.54) is 0 Å². The zero-order chi connectivity index (χ0) is 35.3. The Hall–Kier alpha value is -4.25. The third kappa shape index (κ3) is 8.49. The van der Waals surface area contributed by atoms with Crippen molar-refractivity contribution in [2.24, 2.45) is 0 Å². The number of aromatic nitrogens is 3. The molecule has 4 aromatic rings. The molecule has 1 unspecified atom stereocenters. The number of hydrogen-bond donors (Lipinski definition) is 1. The first-order valence-electron chi connectivity index (χ1n) is 17.0. The first-order chi connectivity index (χ1) is 23.3. The lowest BCUT2D eigenvalue weighted by atomic mass is 9.92. The van der Waals surface area contributed by atoms with Gasteiger partial charge < -0.3 is 29.0 Å². The average molecular weight is 671 g/mol. The first-order valence-corrected chi connectivity index (χ1v) is 17.0. The lowest BCUT2D eigenvalue weighted by molar-refractivity contribution is -0.160. The highest BCUT2D eigenvalue weighted by atomic mass is 16.5. The number of nitrogens with zero attached hydrogens (tertiary/aromatic N) is 4. The molecule has 2 atom stereocenters. The fourth-order valence-electron chi connectivity index (χ4n) is 6.32. The number of aryl methyl sites for hydroxylation is 1. The second-order valence-electron chi connectivity index (χ2n) is 14.0. The predicted molar refractivity (Wildman–Crippen MR) is 192 cm³/mol. The maximum Gasteiger partial charge on any atom is 0.337 e. The second kappa shape index (κ2) is 15.1. The number of rotatable bonds is 15. The van der Waals surface area contributed by atoms with E-state index in [0.717, 1.165) is 41.3 Å². The molecule has 0 aliphatic carbocycles. The summed E-state index contributed by atoms with van der Waals surface area (Å²) in [6.07, 6.45) is 4.56. The molecule has 0 bridgehead atoms. The van der Waals surface area contributed by atoms with Crippen molar-refractivity contribution >= 4 is 28.2 Å². The van der Waals surface area contributed by atoms with Gasteiger partial charge in [-0.25, -0.2) is 9.78 Å². The fraction of sp³-hybridized carbons (Fsp3) is 0.462. The average Bonchev–Trinajstić information content (AvgIpc) is 3.45. The lowest BCUT2D eigenvalue weighted by Gasteiger charge is -2.41. The molecule has 10 heteroatoms. The van der Waals surface area contributed by atoms with Crippen molar-refractivity contribution in [2.45, 2.75) is 97.4 Å². The highest BCUT2D eigenvalue weighted by molar-refractivity contribution is 5.89. The van der Waals surface area contributed by atoms with E-state index in [9.17, 15) is 9.90 Å². The Morgan fingerprint density at radius 2 is 1.84 bits per heavy atom. The lowest BCUT2D eigenvalue weighted by Crippen LogP contribution is -2.45. The van der Waals surface area contributed by atoms with E-state index in [1.807, 2.05) is 65.0 Å². The van der Waals surface area contributed by atoms with Crippen molar-refractivity contribution in [1.82, 2.24) is 14.6 Å². The molecule has 0 radical (unpaired) electrons. The minimum atomic E-state index is -1.24. The second-order valence-corrected chi connectivity index (χ2v) is 14.0. The van der Waals surface area contributed by atoms with E-state index in [2.05, 4.69) is 43.2 Å². The number of benzene rings is 2. The zero-order valence-electron chi connectivity index (χ0n) is 29.7. The van der Waals surface area contributed by atoms with E-state index >= 15 is 0 Å². The molecule has 5 rings (SSSR count). The predicted octanol–water partition coefficient (Wildman–Crippen LogP) is 7.75. The SMILES string of the molecule is C=CCOC1(C)CCN(c2c(C(OC(C)(C)C)C(=O)O)c(C)nc3cc(COCc4ccc5ccccc5c4O[C@@H](C)CC=C)nn23)CC1. The number of hydrogen-bond acceptors (Lipinski definition) is 8. The van der Waals surface area contributed by atoms with Crippen LogP contribution in [0.4, 0.5) is 5.82 Å². The van der Waals surface area contributed by atoms with Crippen molar-refractivity contribution in [3.05, 3.63) is 90.3 Å². The zero-order valence-corrected chi connectivity index (χ0v) is 29.7. The maximum absolute atomic E-state index is 12.8. The van der Waals surface area contributed by atoms with E-state index in [0.29, 0.717) is 54.7 Å². The molecule has 1 saturated heterocycles. The number of carboxylic acids is 1. The molecule has 1 N–H and O–H groups in total. The van der Waals surface area contributed by atoms with E-state index in [-0.39, 0.29) is 18.3 Å². The topological polar surface area (TPSA) is 108 Å². The molecular formula is C39H50N4O6. The normalized spacial score (nSPS) is 16.1. The summed E-state index contributed by atoms with van der Waals surface area (Å²) in [5, 5.41) is 17.5. The van der Waals surface area contributed by atoms with Gasteiger partial charge in [0, 0.05) is 42.2 Å². The number of aliphatic carboxylic acids is 1. The Kier molecular flexibility index (Phi) is 11.1. The van der Waals surface area contributed by atoms with Crippen LogP contribution >= 0.6 is 0 Å². The molecule has 262 valence electrons. The molecule has 0 saturated carbocycles. The molecule has 49 heavy (non-hydrogen) atoms. The Morgan fingerprint density at radius 3 is 2.51 bits per heavy atom. The summed E-state index contributed by atoms with van der Waals surface area (Å²) in [7, 11) is 0. The van der Waals surface area contributed by atoms with Gasteiger partial charge in [0.2, 0.25) is 0 Å². The van der Waals surface area contributed by atoms with Crippen molar-refractivity contribution in [2.75, 3.05) is 24.6 Å². The van der Waals surface area contributed by atoms with Gasteiger partial charge >= 0.3 is 5.97 Å². The molecule has 0 spiro atoms. The molecule has 1 aliphatic rings. The smallest absolute Gasteiger partial charge is 0.337 e. The third-order valence-corrected chi connectivity index (χ3v) is 8.77. The molecule has 0 amide bonds. The summed E-state index contributed by atoms with van der Waals surface area (Å²) in [6, 6.07) is 14.2. The largest absolute Gasteiger partial charge is 0.489 e. The summed E-state index contributed by atoms with van der Waals surface area (Å²) < 4.78 is 26.7. The molecular weight excluding hydrogens is 620 g/mol. The molecule has 3 heterocycles. The molecule has 2 aromatic heterocycles. The number of carbonyl (C=O) groups is 1. The van der Waals surface area contributed by atoms with Gasteiger partial charge in [-0.3, -0.25) is 0 Å². The van der Waals surface area contributed by atoms with Crippen molar-refractivity contribution in [3.8, 4) is 5.75 Å². The summed E-state index contributed by atoms with van der Waals surface area (Å²) in [5.41, 5.74) is 2.28. The fourth-order valence-corrected chi connectivity index (χ4v) is 6.32. The van der Waals surface area contributed by atoms with Gasteiger partial charge in [0.15, 0.2) is 11.8 Å². The van der Waals surface area contributed by atoms with E-state index < -0.39 is 17.7 Å². The summed E-state index contributed by atoms with van der Waals surface area (Å²) in [5.74, 6) is 0.389. The van der Waals surface area contributed by atoms with Crippen LogP contribution in [0.15, 0.2) is 67.8 Å². The number of anilines is 1. The quantitative estimate of drug-likeness (QED) is 0.127. The van der Waals surface area contributed by atoms with E-state index in [1.54, 1.807) is 10.6 Å². The summed E-state index contributed by atoms with van der Waals surface area (Å²) in [4.78, 5) is 19.8. The third-order valence-electron chi connectivity index (χ3n) is 8.77. The van der Waals surface area contributed by atoms with Crippen LogP contribution in [0.2, 0.25) is 0 Å². The van der Waals surface area contributed by atoms with Crippen LogP contribution in [-0.4, -0.2) is 62.7 Å². The standard InChI is InChI=1S/C39H50N4O6/c1-9-13-26(3)48-34-29(17-16-28-14-11-12-15-31(28)34)24-46-25-30-23-32-40-27(4)33(35(37(44)45)49-38(5,6)7)36(43(32)41-30)42-20-18-39(8,19-21-42)47-22-10-2/h9-12,14-17,23,26,35H,1-2,13,18-22,24-25H2,3-8H3,(H,44,45)/t26-,35?/m0/s1. The summed E-state index contributed by atoms with van der Waals surface area (Å²) >= 11 is 0. The minimum Gasteiger partial charge on any atom is -0.489 e. The van der Waals surface area contributed by atoms with Crippen molar-refractivity contribution in [1.29, 1.82) is 0 Å². The molecule has 1 fully saturated rings. The van der Waals surface area contributed by atoms with E-state index in [4.69, 9.17) is 29.0 Å². The number of piperidine rings is 1. The maximum atomic E-state index is 12.8.